The van der Waals surface area contributed by atoms with Crippen LogP contribution in [-0.4, -0.2) is 96.7 Å². The van der Waals surface area contributed by atoms with Crippen molar-refractivity contribution in [3.8, 4) is 0 Å². The lowest BCUT2D eigenvalue weighted by molar-refractivity contribution is -0.161. The van der Waals surface area contributed by atoms with E-state index >= 15 is 0 Å². The van der Waals surface area contributed by atoms with E-state index in [0.29, 0.717) is 25.7 Å². The SMILES string of the molecule is CCCCCCCCCCCCCCC(=O)O[C@H](COC(=O)CCCCCCCCCCC)COP(=O)(O)OC[C@H](O)COP(=O)(O)OC[C@@H](COC(=O)CCCCCCCCCCCC(C)C)OC(=O)CCCCCCCCCCCCCCCCCCC(C)C. The van der Waals surface area contributed by atoms with Gasteiger partial charge in [-0.15, -0.1) is 0 Å². The van der Waals surface area contributed by atoms with Crippen molar-refractivity contribution in [3.05, 3.63) is 0 Å². The van der Waals surface area contributed by atoms with E-state index < -0.39 is 97.5 Å². The number of aliphatic hydroxyl groups is 1. The normalized spacial score (nSPS) is 14.1. The van der Waals surface area contributed by atoms with Gasteiger partial charge in [-0.05, 0) is 37.5 Å². The molecule has 0 heterocycles. The third-order valence-electron chi connectivity index (χ3n) is 17.0. The summed E-state index contributed by atoms with van der Waals surface area (Å²) in [6, 6.07) is 0. The predicted molar refractivity (Wildman–Crippen MR) is 372 cm³/mol. The van der Waals surface area contributed by atoms with E-state index in [1.54, 1.807) is 0 Å². The van der Waals surface area contributed by atoms with Crippen molar-refractivity contribution < 1.29 is 80.2 Å². The molecule has 2 unspecified atom stereocenters. The van der Waals surface area contributed by atoms with E-state index in [1.165, 1.54) is 193 Å². The van der Waals surface area contributed by atoms with Crippen molar-refractivity contribution in [2.24, 2.45) is 11.8 Å². The van der Waals surface area contributed by atoms with Crippen molar-refractivity contribution in [1.82, 2.24) is 0 Å². The fourth-order valence-corrected chi connectivity index (χ4v) is 12.7. The Labute approximate surface area is 562 Å². The molecule has 0 saturated carbocycles. The standard InChI is InChI=1S/C73H142O17P2/c1-7-9-11-13-15-17-18-26-32-39-45-51-57-72(77)89-68(61-83-70(75)55-49-43-37-29-16-14-12-10-8-2)63-87-91(79,80)85-59-67(74)60-86-92(81,82)88-64-69(62-84-71(76)56-50-44-38-34-28-31-36-42-48-54-66(5)6)90-73(78)58-52-46-40-33-27-24-22-20-19-21-23-25-30-35-41-47-53-65(3)4/h65-69,74H,7-64H2,1-6H3,(H,79,80)(H,81,82)/t67-,68+,69+/m0/s1. The lowest BCUT2D eigenvalue weighted by Crippen LogP contribution is -2.30. The largest absolute Gasteiger partial charge is 0.472 e. The Balaban J connectivity index is 5.21. The van der Waals surface area contributed by atoms with Crippen molar-refractivity contribution in [3.63, 3.8) is 0 Å². The Hall–Kier alpha value is -1.94. The van der Waals surface area contributed by atoms with E-state index in [-0.39, 0.29) is 25.7 Å². The number of esters is 4. The highest BCUT2D eigenvalue weighted by Crippen LogP contribution is 2.45. The molecule has 0 aliphatic carbocycles. The molecule has 0 aliphatic rings. The lowest BCUT2D eigenvalue weighted by Gasteiger charge is -2.21. The van der Waals surface area contributed by atoms with Gasteiger partial charge in [-0.1, -0.05) is 324 Å². The zero-order valence-electron chi connectivity index (χ0n) is 59.9. The summed E-state index contributed by atoms with van der Waals surface area (Å²) in [6.07, 6.45) is 51.3. The topological polar surface area (TPSA) is 237 Å². The summed E-state index contributed by atoms with van der Waals surface area (Å²) in [6.45, 7) is 9.57. The van der Waals surface area contributed by atoms with E-state index in [2.05, 4.69) is 41.5 Å². The number of hydrogen-bond donors (Lipinski definition) is 3. The van der Waals surface area contributed by atoms with E-state index in [0.717, 1.165) is 102 Å². The first kappa shape index (κ1) is 90.1. The highest BCUT2D eigenvalue weighted by atomic mass is 31.2. The highest BCUT2D eigenvalue weighted by molar-refractivity contribution is 7.47. The van der Waals surface area contributed by atoms with Gasteiger partial charge in [-0.3, -0.25) is 37.3 Å². The minimum absolute atomic E-state index is 0.107. The average Bonchev–Trinajstić information content (AvgIpc) is 2.36. The van der Waals surface area contributed by atoms with Crippen LogP contribution in [0.3, 0.4) is 0 Å². The van der Waals surface area contributed by atoms with Crippen LogP contribution in [0.2, 0.25) is 0 Å². The van der Waals surface area contributed by atoms with Crippen LogP contribution in [0.4, 0.5) is 0 Å². The molecule has 0 amide bonds. The summed E-state index contributed by atoms with van der Waals surface area (Å²) in [5.74, 6) is -0.567. The maximum Gasteiger partial charge on any atom is 0.472 e. The minimum atomic E-state index is -4.95. The molecule has 19 heteroatoms. The first-order chi connectivity index (χ1) is 44.4. The van der Waals surface area contributed by atoms with Crippen LogP contribution < -0.4 is 0 Å². The second-order valence-corrected chi connectivity index (χ2v) is 30.2. The van der Waals surface area contributed by atoms with E-state index in [4.69, 9.17) is 37.0 Å². The smallest absolute Gasteiger partial charge is 0.462 e. The molecule has 5 atom stereocenters. The zero-order chi connectivity index (χ0) is 67.9. The molecule has 0 aromatic heterocycles. The molecule has 17 nitrogen and oxygen atoms in total. The third-order valence-corrected chi connectivity index (χ3v) is 18.9. The van der Waals surface area contributed by atoms with Crippen molar-refractivity contribution in [2.45, 2.75) is 394 Å². The van der Waals surface area contributed by atoms with Gasteiger partial charge in [0.05, 0.1) is 26.4 Å². The summed E-state index contributed by atoms with van der Waals surface area (Å²) in [5, 5.41) is 10.6. The van der Waals surface area contributed by atoms with Crippen LogP contribution in [0.1, 0.15) is 375 Å². The molecule has 0 aromatic carbocycles. The van der Waals surface area contributed by atoms with Crippen molar-refractivity contribution in [1.29, 1.82) is 0 Å². The van der Waals surface area contributed by atoms with E-state index in [1.807, 2.05) is 0 Å². The molecule has 92 heavy (non-hydrogen) atoms. The van der Waals surface area contributed by atoms with Gasteiger partial charge in [0.15, 0.2) is 12.2 Å². The number of phosphoric acid groups is 2. The fraction of sp³-hybridized carbons (Fsp3) is 0.945. The second kappa shape index (κ2) is 65.0. The Morgan fingerprint density at radius 1 is 0.293 bits per heavy atom. The molecule has 3 N–H and O–H groups in total. The quantitative estimate of drug-likeness (QED) is 0.0222. The summed E-state index contributed by atoms with van der Waals surface area (Å²) in [7, 11) is -9.90. The molecule has 546 valence electrons. The van der Waals surface area contributed by atoms with Crippen LogP contribution in [0.25, 0.3) is 0 Å². The number of phosphoric ester groups is 2. The number of carbonyl (C=O) groups is 4. The maximum atomic E-state index is 13.0. The zero-order valence-corrected chi connectivity index (χ0v) is 61.6. The van der Waals surface area contributed by atoms with E-state index in [9.17, 15) is 43.2 Å². The molecule has 0 fully saturated rings. The van der Waals surface area contributed by atoms with Gasteiger partial charge in [-0.2, -0.15) is 0 Å². The predicted octanol–water partition coefficient (Wildman–Crippen LogP) is 21.2. The lowest BCUT2D eigenvalue weighted by atomic mass is 10.0. The first-order valence-electron chi connectivity index (χ1n) is 38.0. The molecule has 0 saturated heterocycles. The van der Waals surface area contributed by atoms with Gasteiger partial charge in [0.25, 0.3) is 0 Å². The molecular weight excluding hydrogens is 1210 g/mol. The van der Waals surface area contributed by atoms with Crippen LogP contribution in [0.5, 0.6) is 0 Å². The minimum Gasteiger partial charge on any atom is -0.462 e. The van der Waals surface area contributed by atoms with Gasteiger partial charge < -0.3 is 33.8 Å². The van der Waals surface area contributed by atoms with Gasteiger partial charge in [0.2, 0.25) is 0 Å². The maximum absolute atomic E-state index is 13.0. The molecule has 0 rings (SSSR count). The average molecular weight is 1350 g/mol. The summed E-state index contributed by atoms with van der Waals surface area (Å²) in [5.41, 5.74) is 0. The summed E-state index contributed by atoms with van der Waals surface area (Å²) in [4.78, 5) is 72.6. The Morgan fingerprint density at radius 3 is 0.739 bits per heavy atom. The van der Waals surface area contributed by atoms with Crippen LogP contribution >= 0.6 is 15.6 Å². The van der Waals surface area contributed by atoms with Gasteiger partial charge in [0, 0.05) is 25.7 Å². The molecule has 0 aromatic rings. The van der Waals surface area contributed by atoms with Gasteiger partial charge in [-0.25, -0.2) is 9.13 Å². The third kappa shape index (κ3) is 66.7. The number of ether oxygens (including phenoxy) is 4. The Bertz CT molecular complexity index is 1790. The fourth-order valence-electron chi connectivity index (χ4n) is 11.1. The van der Waals surface area contributed by atoms with Crippen LogP contribution in [0.15, 0.2) is 0 Å². The second-order valence-electron chi connectivity index (χ2n) is 27.3. The molecule has 0 radical (unpaired) electrons. The molecular formula is C73H142O17P2. The van der Waals surface area contributed by atoms with Crippen molar-refractivity contribution in [2.75, 3.05) is 39.6 Å². The summed E-state index contributed by atoms with van der Waals surface area (Å²) < 4.78 is 68.4. The first-order valence-corrected chi connectivity index (χ1v) is 41.0. The Morgan fingerprint density at radius 2 is 0.500 bits per heavy atom. The highest BCUT2D eigenvalue weighted by Gasteiger charge is 2.30. The number of unbranched alkanes of at least 4 members (excludes halogenated alkanes) is 42. The molecule has 0 aliphatic heterocycles. The number of aliphatic hydroxyl groups excluding tert-OH is 1. The molecule has 0 bridgehead atoms. The Kier molecular flexibility index (Phi) is 63.7. The number of hydrogen-bond acceptors (Lipinski definition) is 15. The van der Waals surface area contributed by atoms with Gasteiger partial charge >= 0.3 is 39.5 Å². The summed E-state index contributed by atoms with van der Waals surface area (Å²) >= 11 is 0. The van der Waals surface area contributed by atoms with Crippen molar-refractivity contribution >= 4 is 39.5 Å². The number of carbonyl (C=O) groups excluding carboxylic acids is 4. The van der Waals surface area contributed by atoms with Crippen LogP contribution in [-0.2, 0) is 65.4 Å². The monoisotopic (exact) mass is 1350 g/mol. The number of rotatable bonds is 72. The molecule has 0 spiro atoms. The van der Waals surface area contributed by atoms with Crippen LogP contribution in [0, 0.1) is 11.8 Å². The van der Waals surface area contributed by atoms with Gasteiger partial charge in [0.1, 0.15) is 19.3 Å².